The fourth-order valence-corrected chi connectivity index (χ4v) is 2.00. The number of furan rings is 1. The standard InChI is InChI=1S/C11H16BrNO3/c1-4-13(8(2)7-15-3)11(14)9-5-6-16-10(9)12/h5-6,8H,4,7H2,1-3H3. The summed E-state index contributed by atoms with van der Waals surface area (Å²) in [4.78, 5) is 13.9. The topological polar surface area (TPSA) is 42.7 Å². The van der Waals surface area contributed by atoms with Gasteiger partial charge in [0.2, 0.25) is 0 Å². The van der Waals surface area contributed by atoms with Gasteiger partial charge in [0.15, 0.2) is 4.67 Å². The van der Waals surface area contributed by atoms with E-state index in [0.717, 1.165) is 0 Å². The summed E-state index contributed by atoms with van der Waals surface area (Å²) in [5, 5.41) is 0. The van der Waals surface area contributed by atoms with Crippen molar-refractivity contribution in [3.05, 3.63) is 22.6 Å². The average molecular weight is 290 g/mol. The Balaban J connectivity index is 2.81. The highest BCUT2D eigenvalue weighted by Gasteiger charge is 2.22. The Hall–Kier alpha value is -0.810. The van der Waals surface area contributed by atoms with Crippen LogP contribution in [-0.2, 0) is 4.74 Å². The number of methoxy groups -OCH3 is 1. The Kier molecular flexibility index (Phi) is 5.02. The lowest BCUT2D eigenvalue weighted by Crippen LogP contribution is -2.40. The third kappa shape index (κ3) is 2.86. The largest absolute Gasteiger partial charge is 0.457 e. The van der Waals surface area contributed by atoms with Gasteiger partial charge in [-0.2, -0.15) is 0 Å². The van der Waals surface area contributed by atoms with Gasteiger partial charge in [0, 0.05) is 13.7 Å². The number of carbonyl (C=O) groups excluding carboxylic acids is 1. The molecule has 5 heteroatoms. The molecule has 0 saturated carbocycles. The molecule has 16 heavy (non-hydrogen) atoms. The van der Waals surface area contributed by atoms with E-state index in [0.29, 0.717) is 23.4 Å². The fraction of sp³-hybridized carbons (Fsp3) is 0.545. The summed E-state index contributed by atoms with van der Waals surface area (Å²) in [6.45, 7) is 5.06. The Morgan fingerprint density at radius 2 is 2.38 bits per heavy atom. The molecule has 0 radical (unpaired) electrons. The van der Waals surface area contributed by atoms with Gasteiger partial charge in [0.25, 0.3) is 5.91 Å². The van der Waals surface area contributed by atoms with Crippen LogP contribution in [0.3, 0.4) is 0 Å². The van der Waals surface area contributed by atoms with E-state index in [9.17, 15) is 4.79 Å². The van der Waals surface area contributed by atoms with Crippen LogP contribution in [0, 0.1) is 0 Å². The van der Waals surface area contributed by atoms with Crippen molar-refractivity contribution in [2.75, 3.05) is 20.3 Å². The molecule has 1 heterocycles. The van der Waals surface area contributed by atoms with Crippen LogP contribution in [-0.4, -0.2) is 37.1 Å². The number of ether oxygens (including phenoxy) is 1. The SMILES string of the molecule is CCN(C(=O)c1ccoc1Br)C(C)COC. The molecule has 1 atom stereocenters. The van der Waals surface area contributed by atoms with Crippen LogP contribution in [0.5, 0.6) is 0 Å². The molecule has 0 aromatic carbocycles. The summed E-state index contributed by atoms with van der Waals surface area (Å²) in [5.74, 6) is -0.0484. The van der Waals surface area contributed by atoms with E-state index in [1.165, 1.54) is 6.26 Å². The summed E-state index contributed by atoms with van der Waals surface area (Å²) < 4.78 is 10.6. The van der Waals surface area contributed by atoms with Crippen molar-refractivity contribution in [2.45, 2.75) is 19.9 Å². The first kappa shape index (κ1) is 13.3. The molecule has 0 aliphatic rings. The highest BCUT2D eigenvalue weighted by Crippen LogP contribution is 2.20. The first-order valence-corrected chi connectivity index (χ1v) is 5.94. The van der Waals surface area contributed by atoms with Gasteiger partial charge in [-0.15, -0.1) is 0 Å². The second-order valence-electron chi connectivity index (χ2n) is 3.50. The molecule has 0 fully saturated rings. The summed E-state index contributed by atoms with van der Waals surface area (Å²) >= 11 is 3.21. The van der Waals surface area contributed by atoms with Gasteiger partial charge in [0.05, 0.1) is 24.5 Å². The van der Waals surface area contributed by atoms with Gasteiger partial charge < -0.3 is 14.1 Å². The van der Waals surface area contributed by atoms with Crippen LogP contribution in [0.15, 0.2) is 21.4 Å². The van der Waals surface area contributed by atoms with E-state index in [1.807, 2.05) is 13.8 Å². The van der Waals surface area contributed by atoms with Crippen LogP contribution in [0.25, 0.3) is 0 Å². The molecule has 0 spiro atoms. The summed E-state index contributed by atoms with van der Waals surface area (Å²) in [7, 11) is 1.63. The number of nitrogens with zero attached hydrogens (tertiary/aromatic N) is 1. The third-order valence-electron chi connectivity index (χ3n) is 2.39. The molecule has 0 N–H and O–H groups in total. The fourth-order valence-electron chi connectivity index (χ4n) is 1.59. The molecule has 0 saturated heterocycles. The number of hydrogen-bond acceptors (Lipinski definition) is 3. The number of rotatable bonds is 5. The highest BCUT2D eigenvalue weighted by molar-refractivity contribution is 9.10. The molecule has 1 amide bonds. The first-order chi connectivity index (χ1) is 7.61. The number of likely N-dealkylation sites (N-methyl/N-ethyl adjacent to an activating group) is 1. The number of hydrogen-bond donors (Lipinski definition) is 0. The van der Waals surface area contributed by atoms with Crippen LogP contribution < -0.4 is 0 Å². The van der Waals surface area contributed by atoms with E-state index >= 15 is 0 Å². The molecule has 1 aromatic heterocycles. The Bertz CT molecular complexity index is 351. The molecule has 4 nitrogen and oxygen atoms in total. The van der Waals surface area contributed by atoms with Gasteiger partial charge in [-0.3, -0.25) is 4.79 Å². The minimum Gasteiger partial charge on any atom is -0.457 e. The van der Waals surface area contributed by atoms with Crippen LogP contribution >= 0.6 is 15.9 Å². The monoisotopic (exact) mass is 289 g/mol. The molecule has 0 aliphatic carbocycles. The summed E-state index contributed by atoms with van der Waals surface area (Å²) in [6.07, 6.45) is 1.49. The highest BCUT2D eigenvalue weighted by atomic mass is 79.9. The molecule has 0 bridgehead atoms. The lowest BCUT2D eigenvalue weighted by molar-refractivity contribution is 0.0577. The predicted molar refractivity (Wildman–Crippen MR) is 64.5 cm³/mol. The minimum absolute atomic E-state index is 0.0456. The Morgan fingerprint density at radius 1 is 1.69 bits per heavy atom. The zero-order chi connectivity index (χ0) is 12.1. The van der Waals surface area contributed by atoms with Gasteiger partial charge in [-0.05, 0) is 35.8 Å². The number of carbonyl (C=O) groups is 1. The number of halogens is 1. The molecular formula is C11H16BrNO3. The van der Waals surface area contributed by atoms with E-state index in [2.05, 4.69) is 15.9 Å². The van der Waals surface area contributed by atoms with E-state index < -0.39 is 0 Å². The molecular weight excluding hydrogens is 274 g/mol. The second-order valence-corrected chi connectivity index (χ2v) is 4.22. The summed E-state index contributed by atoms with van der Waals surface area (Å²) in [5.41, 5.74) is 0.546. The van der Waals surface area contributed by atoms with Crippen molar-refractivity contribution >= 4 is 21.8 Å². The maximum Gasteiger partial charge on any atom is 0.258 e. The third-order valence-corrected chi connectivity index (χ3v) is 3.00. The maximum absolute atomic E-state index is 12.2. The molecule has 0 aliphatic heterocycles. The molecule has 1 rings (SSSR count). The normalized spacial score (nSPS) is 12.5. The predicted octanol–water partition coefficient (Wildman–Crippen LogP) is 2.54. The van der Waals surface area contributed by atoms with Crippen molar-refractivity contribution in [3.63, 3.8) is 0 Å². The smallest absolute Gasteiger partial charge is 0.258 e. The minimum atomic E-state index is -0.0484. The van der Waals surface area contributed by atoms with Crippen molar-refractivity contribution in [1.29, 1.82) is 0 Å². The van der Waals surface area contributed by atoms with Crippen molar-refractivity contribution < 1.29 is 13.9 Å². The van der Waals surface area contributed by atoms with Crippen molar-refractivity contribution in [1.82, 2.24) is 4.90 Å². The van der Waals surface area contributed by atoms with Gasteiger partial charge in [0.1, 0.15) is 0 Å². The van der Waals surface area contributed by atoms with Crippen molar-refractivity contribution in [2.24, 2.45) is 0 Å². The van der Waals surface area contributed by atoms with Gasteiger partial charge >= 0.3 is 0 Å². The van der Waals surface area contributed by atoms with Gasteiger partial charge in [-0.25, -0.2) is 0 Å². The van der Waals surface area contributed by atoms with Gasteiger partial charge in [-0.1, -0.05) is 0 Å². The Labute approximate surface area is 104 Å². The zero-order valence-electron chi connectivity index (χ0n) is 9.70. The van der Waals surface area contributed by atoms with E-state index in [4.69, 9.17) is 9.15 Å². The van der Waals surface area contributed by atoms with Crippen LogP contribution in [0.1, 0.15) is 24.2 Å². The van der Waals surface area contributed by atoms with Crippen LogP contribution in [0.2, 0.25) is 0 Å². The summed E-state index contributed by atoms with van der Waals surface area (Å²) in [6, 6.07) is 1.71. The molecule has 1 aromatic rings. The lowest BCUT2D eigenvalue weighted by Gasteiger charge is -2.27. The molecule has 1 unspecified atom stereocenters. The average Bonchev–Trinajstić information content (AvgIpc) is 2.65. The first-order valence-electron chi connectivity index (χ1n) is 5.14. The van der Waals surface area contributed by atoms with Crippen LogP contribution in [0.4, 0.5) is 0 Å². The quantitative estimate of drug-likeness (QED) is 0.837. The second kappa shape index (κ2) is 6.06. The molecule has 90 valence electrons. The zero-order valence-corrected chi connectivity index (χ0v) is 11.3. The van der Waals surface area contributed by atoms with E-state index in [1.54, 1.807) is 18.1 Å². The van der Waals surface area contributed by atoms with Crippen molar-refractivity contribution in [3.8, 4) is 0 Å². The Morgan fingerprint density at radius 3 is 2.81 bits per heavy atom. The van der Waals surface area contributed by atoms with E-state index in [-0.39, 0.29) is 11.9 Å². The number of amides is 1. The maximum atomic E-state index is 12.2. The lowest BCUT2D eigenvalue weighted by atomic mass is 10.2.